The quantitative estimate of drug-likeness (QED) is 0.879. The van der Waals surface area contributed by atoms with Gasteiger partial charge in [-0.1, -0.05) is 12.1 Å². The van der Waals surface area contributed by atoms with Crippen molar-refractivity contribution in [2.45, 2.75) is 39.3 Å². The normalized spacial score (nSPS) is 17.1. The van der Waals surface area contributed by atoms with Crippen LogP contribution in [0.4, 0.5) is 5.69 Å². The first-order valence-electron chi connectivity index (χ1n) is 8.19. The Morgan fingerprint density at radius 2 is 2.17 bits per heavy atom. The number of aromatic nitrogens is 2. The summed E-state index contributed by atoms with van der Waals surface area (Å²) in [6.07, 6.45) is 7.14. The summed E-state index contributed by atoms with van der Waals surface area (Å²) in [6, 6.07) is 5.84. The van der Waals surface area contributed by atoms with Crippen LogP contribution in [0.25, 0.3) is 0 Å². The molecule has 0 radical (unpaired) electrons. The second-order valence-corrected chi connectivity index (χ2v) is 6.33. The van der Waals surface area contributed by atoms with Gasteiger partial charge in [0, 0.05) is 31.2 Å². The molecule has 1 aromatic heterocycles. The number of likely N-dealkylation sites (tertiary alicyclic amines) is 1. The van der Waals surface area contributed by atoms with Gasteiger partial charge in [-0.05, 0) is 43.9 Å². The lowest BCUT2D eigenvalue weighted by Gasteiger charge is -2.24. The molecule has 0 bridgehead atoms. The van der Waals surface area contributed by atoms with Gasteiger partial charge in [-0.3, -0.25) is 9.59 Å². The lowest BCUT2D eigenvalue weighted by atomic mass is 10.1. The number of hydrogen-bond donors (Lipinski definition) is 1. The number of carbonyl (C=O) groups excluding carboxylic acids is 2. The van der Waals surface area contributed by atoms with Crippen LogP contribution >= 0.6 is 0 Å². The summed E-state index contributed by atoms with van der Waals surface area (Å²) < 4.78 is 1.94. The third-order valence-electron chi connectivity index (χ3n) is 4.45. The van der Waals surface area contributed by atoms with Crippen LogP contribution in [-0.4, -0.2) is 38.9 Å². The van der Waals surface area contributed by atoms with Crippen LogP contribution in [0.3, 0.4) is 0 Å². The average Bonchev–Trinajstić information content (AvgIpc) is 3.22. The highest BCUT2D eigenvalue weighted by atomic mass is 16.2. The van der Waals surface area contributed by atoms with Crippen molar-refractivity contribution in [1.82, 2.24) is 14.5 Å². The Morgan fingerprint density at radius 1 is 1.33 bits per heavy atom. The average molecular weight is 326 g/mol. The van der Waals surface area contributed by atoms with Crippen molar-refractivity contribution in [3.05, 3.63) is 48.0 Å². The molecular weight excluding hydrogens is 304 g/mol. The smallest absolute Gasteiger partial charge is 0.313 e. The first kappa shape index (κ1) is 16.2. The second-order valence-electron chi connectivity index (χ2n) is 6.33. The van der Waals surface area contributed by atoms with E-state index in [2.05, 4.69) is 10.3 Å². The molecule has 126 valence electrons. The summed E-state index contributed by atoms with van der Waals surface area (Å²) in [5, 5.41) is 2.76. The molecule has 24 heavy (non-hydrogen) atoms. The van der Waals surface area contributed by atoms with Crippen LogP contribution in [0.2, 0.25) is 0 Å². The number of aryl methyl sites for hydroxylation is 2. The number of benzene rings is 1. The maximum atomic E-state index is 12.6. The van der Waals surface area contributed by atoms with Gasteiger partial charge in [-0.2, -0.15) is 0 Å². The molecule has 1 saturated heterocycles. The highest BCUT2D eigenvalue weighted by Gasteiger charge is 2.32. The van der Waals surface area contributed by atoms with E-state index in [-0.39, 0.29) is 6.04 Å². The van der Waals surface area contributed by atoms with Crippen molar-refractivity contribution in [2.24, 2.45) is 0 Å². The zero-order chi connectivity index (χ0) is 17.1. The van der Waals surface area contributed by atoms with Gasteiger partial charge in [0.1, 0.15) is 0 Å². The minimum Gasteiger partial charge on any atom is -0.335 e. The maximum Gasteiger partial charge on any atom is 0.313 e. The molecule has 1 fully saturated rings. The Labute approximate surface area is 141 Å². The molecule has 3 rings (SSSR count). The molecule has 1 aromatic carbocycles. The lowest BCUT2D eigenvalue weighted by Crippen LogP contribution is -2.44. The Bertz CT molecular complexity index is 739. The Morgan fingerprint density at radius 3 is 2.92 bits per heavy atom. The number of amides is 2. The third kappa shape index (κ3) is 3.48. The van der Waals surface area contributed by atoms with Gasteiger partial charge < -0.3 is 14.8 Å². The zero-order valence-electron chi connectivity index (χ0n) is 14.0. The predicted molar refractivity (Wildman–Crippen MR) is 91.5 cm³/mol. The maximum absolute atomic E-state index is 12.6. The second kappa shape index (κ2) is 6.86. The van der Waals surface area contributed by atoms with E-state index in [1.54, 1.807) is 17.4 Å². The summed E-state index contributed by atoms with van der Waals surface area (Å²) in [6.45, 7) is 5.16. The molecule has 1 aliphatic rings. The number of nitrogens with one attached hydrogen (secondary N) is 1. The summed E-state index contributed by atoms with van der Waals surface area (Å²) in [7, 11) is 0. The fourth-order valence-electron chi connectivity index (χ4n) is 3.11. The summed E-state index contributed by atoms with van der Waals surface area (Å²) in [5.41, 5.74) is 2.68. The molecule has 1 aliphatic heterocycles. The third-order valence-corrected chi connectivity index (χ3v) is 4.45. The zero-order valence-corrected chi connectivity index (χ0v) is 14.0. The van der Waals surface area contributed by atoms with E-state index >= 15 is 0 Å². The van der Waals surface area contributed by atoms with Crippen LogP contribution in [0, 0.1) is 13.8 Å². The number of carbonyl (C=O) groups is 2. The molecule has 2 aromatic rings. The fourth-order valence-corrected chi connectivity index (χ4v) is 3.11. The summed E-state index contributed by atoms with van der Waals surface area (Å²) >= 11 is 0. The molecule has 0 saturated carbocycles. The monoisotopic (exact) mass is 326 g/mol. The van der Waals surface area contributed by atoms with Crippen molar-refractivity contribution < 1.29 is 9.59 Å². The molecule has 6 heteroatoms. The fraction of sp³-hybridized carbons (Fsp3) is 0.389. The Kier molecular flexibility index (Phi) is 4.64. The first-order valence-corrected chi connectivity index (χ1v) is 8.19. The minimum atomic E-state index is -0.568. The van der Waals surface area contributed by atoms with E-state index in [0.717, 1.165) is 24.0 Å². The number of nitrogens with zero attached hydrogens (tertiary/aromatic N) is 3. The first-order chi connectivity index (χ1) is 11.5. The van der Waals surface area contributed by atoms with Gasteiger partial charge >= 0.3 is 11.8 Å². The Balaban J connectivity index is 1.68. The van der Waals surface area contributed by atoms with Crippen molar-refractivity contribution >= 4 is 17.5 Å². The van der Waals surface area contributed by atoms with Gasteiger partial charge in [0.25, 0.3) is 0 Å². The van der Waals surface area contributed by atoms with E-state index in [4.69, 9.17) is 0 Å². The predicted octanol–water partition coefficient (Wildman–Crippen LogP) is 2.13. The van der Waals surface area contributed by atoms with Crippen molar-refractivity contribution in [2.75, 3.05) is 11.9 Å². The van der Waals surface area contributed by atoms with Gasteiger partial charge in [-0.15, -0.1) is 0 Å². The number of hydrogen-bond acceptors (Lipinski definition) is 3. The topological polar surface area (TPSA) is 67.2 Å². The highest BCUT2D eigenvalue weighted by molar-refractivity contribution is 6.39. The van der Waals surface area contributed by atoms with Gasteiger partial charge in [0.2, 0.25) is 0 Å². The Hall–Kier alpha value is -2.63. The van der Waals surface area contributed by atoms with Gasteiger partial charge in [0.15, 0.2) is 0 Å². The largest absolute Gasteiger partial charge is 0.335 e. The van der Waals surface area contributed by atoms with Crippen molar-refractivity contribution in [1.29, 1.82) is 0 Å². The van der Waals surface area contributed by atoms with Crippen molar-refractivity contribution in [3.63, 3.8) is 0 Å². The van der Waals surface area contributed by atoms with E-state index in [1.807, 2.05) is 42.8 Å². The minimum absolute atomic E-state index is 0.0380. The molecule has 2 heterocycles. The lowest BCUT2D eigenvalue weighted by molar-refractivity contribution is -0.143. The van der Waals surface area contributed by atoms with Crippen molar-refractivity contribution in [3.8, 4) is 0 Å². The van der Waals surface area contributed by atoms with Gasteiger partial charge in [-0.25, -0.2) is 4.98 Å². The molecular formula is C18H22N4O2. The summed E-state index contributed by atoms with van der Waals surface area (Å²) in [4.78, 5) is 30.7. The molecule has 0 unspecified atom stereocenters. The van der Waals surface area contributed by atoms with E-state index < -0.39 is 11.8 Å². The molecule has 0 spiro atoms. The van der Waals surface area contributed by atoms with Crippen LogP contribution in [0.15, 0.2) is 36.9 Å². The van der Waals surface area contributed by atoms with Crippen LogP contribution in [-0.2, 0) is 16.1 Å². The highest BCUT2D eigenvalue weighted by Crippen LogP contribution is 2.21. The van der Waals surface area contributed by atoms with Crippen LogP contribution in [0.1, 0.15) is 24.0 Å². The number of rotatable bonds is 3. The standard InChI is InChI=1S/C18H22N4O2/c1-13-5-6-14(2)16(10-13)20-17(23)18(24)22-8-3-4-15(22)11-21-9-7-19-12-21/h5-7,9-10,12,15H,3-4,8,11H2,1-2H3,(H,20,23)/t15-/m1/s1. The number of anilines is 1. The van der Waals surface area contributed by atoms with E-state index in [0.29, 0.717) is 18.8 Å². The van der Waals surface area contributed by atoms with E-state index in [9.17, 15) is 9.59 Å². The van der Waals surface area contributed by atoms with Crippen LogP contribution < -0.4 is 5.32 Å². The molecule has 1 atom stereocenters. The SMILES string of the molecule is Cc1ccc(C)c(NC(=O)C(=O)N2CCC[C@@H]2Cn2ccnc2)c1. The molecule has 1 N–H and O–H groups in total. The summed E-state index contributed by atoms with van der Waals surface area (Å²) in [5.74, 6) is -1.03. The number of imidazole rings is 1. The van der Waals surface area contributed by atoms with E-state index in [1.165, 1.54) is 0 Å². The molecule has 6 nitrogen and oxygen atoms in total. The molecule has 0 aliphatic carbocycles. The van der Waals surface area contributed by atoms with Gasteiger partial charge in [0.05, 0.1) is 12.4 Å². The van der Waals surface area contributed by atoms with Crippen LogP contribution in [0.5, 0.6) is 0 Å². The molecule has 2 amide bonds.